The summed E-state index contributed by atoms with van der Waals surface area (Å²) < 4.78 is 0. The van der Waals surface area contributed by atoms with Crippen molar-refractivity contribution in [1.29, 1.82) is 0 Å². The van der Waals surface area contributed by atoms with Crippen molar-refractivity contribution in [2.75, 3.05) is 0 Å². The second kappa shape index (κ2) is 5.67. The van der Waals surface area contributed by atoms with Crippen LogP contribution in [0.25, 0.3) is 11.1 Å². The van der Waals surface area contributed by atoms with E-state index in [2.05, 4.69) is 22.1 Å². The van der Waals surface area contributed by atoms with E-state index >= 15 is 0 Å². The van der Waals surface area contributed by atoms with E-state index in [9.17, 15) is 4.79 Å². The molecule has 0 radical (unpaired) electrons. The molecule has 0 aromatic carbocycles. The topological polar surface area (TPSA) is 81.2 Å². The number of carbonyl (C=O) groups excluding carboxylic acids is 1. The fraction of sp³-hybridized carbons (Fsp3) is 0.263. The van der Waals surface area contributed by atoms with Crippen LogP contribution in [0.2, 0.25) is 0 Å². The molecule has 1 fully saturated rings. The van der Waals surface area contributed by atoms with E-state index in [-0.39, 0.29) is 11.1 Å². The van der Waals surface area contributed by atoms with Crippen LogP contribution in [0.3, 0.4) is 0 Å². The molecule has 4 rings (SSSR count). The minimum absolute atomic E-state index is 0.0170. The summed E-state index contributed by atoms with van der Waals surface area (Å²) in [6.07, 6.45) is 12.9. The summed E-state index contributed by atoms with van der Waals surface area (Å²) in [5.41, 5.74) is 8.47. The van der Waals surface area contributed by atoms with Gasteiger partial charge in [-0.15, -0.1) is 0 Å². The zero-order valence-electron chi connectivity index (χ0n) is 13.2. The zero-order chi connectivity index (χ0) is 16.6. The maximum Gasteiger partial charge on any atom is 0.267 e. The van der Waals surface area contributed by atoms with Crippen LogP contribution in [0.5, 0.6) is 0 Å². The number of rotatable bonds is 4. The van der Waals surface area contributed by atoms with Crippen LogP contribution >= 0.6 is 0 Å². The quantitative estimate of drug-likeness (QED) is 0.941. The molecule has 1 aliphatic carbocycles. The van der Waals surface area contributed by atoms with Crippen LogP contribution in [0.4, 0.5) is 0 Å². The van der Waals surface area contributed by atoms with Crippen LogP contribution in [-0.2, 0) is 5.41 Å². The smallest absolute Gasteiger partial charge is 0.267 e. The molecule has 0 spiro atoms. The van der Waals surface area contributed by atoms with E-state index in [0.717, 1.165) is 23.2 Å². The molecule has 5 nitrogen and oxygen atoms in total. The van der Waals surface area contributed by atoms with Gasteiger partial charge < -0.3 is 5.73 Å². The third-order valence-electron chi connectivity index (χ3n) is 4.88. The predicted molar refractivity (Wildman–Crippen MR) is 92.6 cm³/mol. The number of nitrogens with zero attached hydrogens (tertiary/aromatic N) is 3. The monoisotopic (exact) mass is 318 g/mol. The highest BCUT2D eigenvalue weighted by molar-refractivity contribution is 5.92. The maximum atomic E-state index is 11.3. The van der Waals surface area contributed by atoms with Crippen LogP contribution in [0, 0.1) is 5.92 Å². The number of amides is 1. The molecule has 2 aromatic heterocycles. The highest BCUT2D eigenvalue weighted by atomic mass is 16.1. The number of aromatic nitrogens is 2. The van der Waals surface area contributed by atoms with Gasteiger partial charge >= 0.3 is 0 Å². The van der Waals surface area contributed by atoms with Crippen LogP contribution in [-0.4, -0.2) is 22.1 Å². The summed E-state index contributed by atoms with van der Waals surface area (Å²) in [6.45, 7) is 0. The Kier molecular flexibility index (Phi) is 3.49. The number of nitrogens with two attached hydrogens (primary N) is 1. The van der Waals surface area contributed by atoms with Gasteiger partial charge in [-0.05, 0) is 48.9 Å². The number of hydrogen-bond donors (Lipinski definition) is 1. The summed E-state index contributed by atoms with van der Waals surface area (Å²) >= 11 is 0. The molecular weight excluding hydrogens is 300 g/mol. The maximum absolute atomic E-state index is 11.3. The highest BCUT2D eigenvalue weighted by Gasteiger charge is 2.45. The van der Waals surface area contributed by atoms with Crippen LogP contribution in [0.1, 0.15) is 35.4 Å². The number of carbonyl (C=O) groups is 1. The van der Waals surface area contributed by atoms with Crippen molar-refractivity contribution in [3.05, 3.63) is 60.3 Å². The van der Waals surface area contributed by atoms with Crippen molar-refractivity contribution in [2.24, 2.45) is 16.6 Å². The van der Waals surface area contributed by atoms with Crippen molar-refractivity contribution in [2.45, 2.75) is 24.7 Å². The second-order valence-corrected chi connectivity index (χ2v) is 6.39. The number of allylic oxidation sites excluding steroid dienone is 1. The molecule has 1 saturated carbocycles. The lowest BCUT2D eigenvalue weighted by Crippen LogP contribution is -2.29. The van der Waals surface area contributed by atoms with Crippen molar-refractivity contribution in [3.8, 4) is 11.1 Å². The van der Waals surface area contributed by atoms with Gasteiger partial charge in [0.25, 0.3) is 5.91 Å². The summed E-state index contributed by atoms with van der Waals surface area (Å²) in [6, 6.07) is 7.68. The zero-order valence-corrected chi connectivity index (χ0v) is 13.2. The molecule has 2 aromatic rings. The van der Waals surface area contributed by atoms with E-state index < -0.39 is 5.91 Å². The summed E-state index contributed by atoms with van der Waals surface area (Å²) in [7, 11) is 0. The minimum Gasteiger partial charge on any atom is -0.364 e. The van der Waals surface area contributed by atoms with Crippen molar-refractivity contribution < 1.29 is 4.79 Å². The first-order valence-electron chi connectivity index (χ1n) is 8.11. The first kappa shape index (κ1) is 14.8. The molecular formula is C19H18N4O. The van der Waals surface area contributed by atoms with Gasteiger partial charge in [0.15, 0.2) is 0 Å². The average molecular weight is 318 g/mol. The third-order valence-corrected chi connectivity index (χ3v) is 4.88. The Hall–Kier alpha value is -2.82. The molecule has 24 heavy (non-hydrogen) atoms. The molecule has 0 saturated heterocycles. The molecule has 1 aliphatic heterocycles. The molecule has 1 atom stereocenters. The number of hydrogen-bond acceptors (Lipinski definition) is 4. The normalized spacial score (nSPS) is 22.5. The lowest BCUT2D eigenvalue weighted by molar-refractivity contribution is 0.0995. The first-order valence-corrected chi connectivity index (χ1v) is 8.11. The van der Waals surface area contributed by atoms with E-state index in [0.29, 0.717) is 5.92 Å². The van der Waals surface area contributed by atoms with Crippen molar-refractivity contribution in [1.82, 2.24) is 9.97 Å². The fourth-order valence-corrected chi connectivity index (χ4v) is 3.39. The molecule has 120 valence electrons. The Morgan fingerprint density at radius 1 is 1.17 bits per heavy atom. The Labute approximate surface area is 140 Å². The van der Waals surface area contributed by atoms with Crippen molar-refractivity contribution >= 4 is 12.1 Å². The van der Waals surface area contributed by atoms with Gasteiger partial charge in [-0.2, -0.15) is 0 Å². The first-order chi connectivity index (χ1) is 11.7. The molecule has 2 aliphatic rings. The summed E-state index contributed by atoms with van der Waals surface area (Å²) in [5.74, 6) is 0.127. The standard InChI is InChI=1S/C19H18N4O/c20-18(24)16-11-13(5-8-22-16)14-1-4-17(23-12-14)19(15-2-3-15)6-9-21-10-7-19/h1,4-6,8-12,15H,2-3,7H2,(H2,20,24). The molecule has 1 amide bonds. The Morgan fingerprint density at radius 3 is 2.67 bits per heavy atom. The average Bonchev–Trinajstić information content (AvgIpc) is 3.48. The molecule has 3 heterocycles. The number of aliphatic imine (C=N–C) groups is 1. The van der Waals surface area contributed by atoms with E-state index in [1.54, 1.807) is 12.3 Å². The third kappa shape index (κ3) is 2.52. The van der Waals surface area contributed by atoms with E-state index in [4.69, 9.17) is 10.7 Å². The van der Waals surface area contributed by atoms with E-state index in [1.165, 1.54) is 12.8 Å². The number of pyridine rings is 2. The largest absolute Gasteiger partial charge is 0.364 e. The lowest BCUT2D eigenvalue weighted by Gasteiger charge is -2.30. The van der Waals surface area contributed by atoms with Gasteiger partial charge in [0.2, 0.25) is 0 Å². The number of primary amides is 1. The molecule has 1 unspecified atom stereocenters. The Morgan fingerprint density at radius 2 is 2.04 bits per heavy atom. The molecule has 0 bridgehead atoms. The van der Waals surface area contributed by atoms with Gasteiger partial charge in [-0.1, -0.05) is 12.1 Å². The van der Waals surface area contributed by atoms with Gasteiger partial charge in [0, 0.05) is 35.8 Å². The SMILES string of the molecule is NC(=O)c1cc(-c2ccc(C3(C4CC4)C=CN=CC3)nc2)ccn1. The van der Waals surface area contributed by atoms with Gasteiger partial charge in [-0.25, -0.2) is 0 Å². The van der Waals surface area contributed by atoms with Gasteiger partial charge in [0.1, 0.15) is 5.69 Å². The predicted octanol–water partition coefficient (Wildman–Crippen LogP) is 2.88. The molecule has 2 N–H and O–H groups in total. The van der Waals surface area contributed by atoms with E-state index in [1.807, 2.05) is 30.7 Å². The fourth-order valence-electron chi connectivity index (χ4n) is 3.39. The van der Waals surface area contributed by atoms with Gasteiger partial charge in [0.05, 0.1) is 5.69 Å². The van der Waals surface area contributed by atoms with Gasteiger partial charge in [-0.3, -0.25) is 19.8 Å². The van der Waals surface area contributed by atoms with Crippen molar-refractivity contribution in [3.63, 3.8) is 0 Å². The minimum atomic E-state index is -0.527. The summed E-state index contributed by atoms with van der Waals surface area (Å²) in [5, 5.41) is 0. The van der Waals surface area contributed by atoms with Crippen LogP contribution < -0.4 is 5.73 Å². The molecule has 5 heteroatoms. The second-order valence-electron chi connectivity index (χ2n) is 6.39. The summed E-state index contributed by atoms with van der Waals surface area (Å²) in [4.78, 5) is 24.2. The lowest BCUT2D eigenvalue weighted by atomic mass is 9.75. The Balaban J connectivity index is 1.68. The van der Waals surface area contributed by atoms with Crippen LogP contribution in [0.15, 0.2) is 53.9 Å². The highest BCUT2D eigenvalue weighted by Crippen LogP contribution is 2.50. The Bertz CT molecular complexity index is 837.